The molecule has 2 atom stereocenters. The Hall–Kier alpha value is -3.26. The maximum atomic E-state index is 14.5. The van der Waals surface area contributed by atoms with Gasteiger partial charge in [-0.25, -0.2) is 4.39 Å². The Bertz CT molecular complexity index is 1290. The molecule has 1 aromatic heterocycles. The third-order valence-corrected chi connectivity index (χ3v) is 8.09. The fourth-order valence-electron chi connectivity index (χ4n) is 5.72. The molecule has 2 fully saturated rings. The zero-order valence-electron chi connectivity index (χ0n) is 22.2. The lowest BCUT2D eigenvalue weighted by Crippen LogP contribution is -2.55. The summed E-state index contributed by atoms with van der Waals surface area (Å²) in [6.45, 7) is 8.07. The average Bonchev–Trinajstić information content (AvgIpc) is 3.53. The van der Waals surface area contributed by atoms with Crippen molar-refractivity contribution in [3.8, 4) is 12.1 Å². The number of aromatic nitrogens is 2. The summed E-state index contributed by atoms with van der Waals surface area (Å²) in [5, 5.41) is 9.92. The summed E-state index contributed by atoms with van der Waals surface area (Å²) in [4.78, 5) is 30.3. The first kappa shape index (κ1) is 27.3. The van der Waals surface area contributed by atoms with Crippen LogP contribution in [0.1, 0.15) is 36.1 Å². The molecule has 3 aliphatic heterocycles. The Morgan fingerprint density at radius 3 is 2.87 bits per heavy atom. The molecule has 3 aliphatic rings. The van der Waals surface area contributed by atoms with Gasteiger partial charge in [0.15, 0.2) is 0 Å². The molecule has 5 rings (SSSR count). The van der Waals surface area contributed by atoms with Crippen molar-refractivity contribution in [3.63, 3.8) is 0 Å². The van der Waals surface area contributed by atoms with Crippen molar-refractivity contribution in [2.24, 2.45) is 0 Å². The number of ether oxygens (including phenoxy) is 1. The molecule has 206 valence electrons. The number of amides is 1. The van der Waals surface area contributed by atoms with Gasteiger partial charge in [-0.2, -0.15) is 15.2 Å². The van der Waals surface area contributed by atoms with Crippen LogP contribution in [0.15, 0.2) is 30.9 Å². The summed E-state index contributed by atoms with van der Waals surface area (Å²) in [6.07, 6.45) is 3.72. The van der Waals surface area contributed by atoms with E-state index in [0.717, 1.165) is 36.5 Å². The van der Waals surface area contributed by atoms with Crippen molar-refractivity contribution in [2.75, 3.05) is 44.7 Å². The van der Waals surface area contributed by atoms with Gasteiger partial charge < -0.3 is 19.4 Å². The minimum Gasteiger partial charge on any atom is -0.462 e. The number of carbonyl (C=O) groups is 1. The van der Waals surface area contributed by atoms with Gasteiger partial charge in [-0.3, -0.25) is 9.69 Å². The van der Waals surface area contributed by atoms with E-state index in [1.54, 1.807) is 17.0 Å². The lowest BCUT2D eigenvalue weighted by Gasteiger charge is -2.41. The largest absolute Gasteiger partial charge is 0.462 e. The van der Waals surface area contributed by atoms with Gasteiger partial charge in [-0.15, -0.1) is 0 Å². The van der Waals surface area contributed by atoms with E-state index in [1.165, 1.54) is 12.1 Å². The van der Waals surface area contributed by atoms with E-state index in [-0.39, 0.29) is 24.2 Å². The van der Waals surface area contributed by atoms with Gasteiger partial charge in [0.25, 0.3) is 0 Å². The van der Waals surface area contributed by atoms with Gasteiger partial charge in [0, 0.05) is 61.5 Å². The summed E-state index contributed by atoms with van der Waals surface area (Å²) in [6, 6.07) is 7.15. The summed E-state index contributed by atoms with van der Waals surface area (Å²) in [5.41, 5.74) is 2.33. The highest BCUT2D eigenvalue weighted by Gasteiger charge is 2.34. The highest BCUT2D eigenvalue weighted by Crippen LogP contribution is 2.34. The predicted octanol–water partition coefficient (Wildman–Crippen LogP) is 3.37. The Kier molecular flexibility index (Phi) is 8.31. The third kappa shape index (κ3) is 6.01. The quantitative estimate of drug-likeness (QED) is 0.460. The first-order chi connectivity index (χ1) is 18.9. The van der Waals surface area contributed by atoms with Crippen molar-refractivity contribution < 1.29 is 13.9 Å². The van der Waals surface area contributed by atoms with E-state index in [9.17, 15) is 14.4 Å². The van der Waals surface area contributed by atoms with E-state index in [1.807, 2.05) is 0 Å². The fourth-order valence-corrected chi connectivity index (χ4v) is 5.91. The van der Waals surface area contributed by atoms with Crippen LogP contribution in [0, 0.1) is 17.1 Å². The van der Waals surface area contributed by atoms with Crippen LogP contribution in [0.25, 0.3) is 0 Å². The van der Waals surface area contributed by atoms with Crippen molar-refractivity contribution in [3.05, 3.63) is 58.5 Å². The molecule has 0 bridgehead atoms. The first-order valence-electron chi connectivity index (χ1n) is 13.3. The monoisotopic (exact) mass is 553 g/mol. The molecule has 11 heteroatoms. The van der Waals surface area contributed by atoms with Gasteiger partial charge in [0.05, 0.1) is 24.2 Å². The second kappa shape index (κ2) is 11.9. The number of likely N-dealkylation sites (N-methyl/N-ethyl adjacent to an activating group) is 1. The minimum atomic E-state index is -0.297. The number of likely N-dealkylation sites (tertiary alicyclic amines) is 1. The number of hydrogen-bond acceptors (Lipinski definition) is 8. The highest BCUT2D eigenvalue weighted by molar-refractivity contribution is 6.30. The van der Waals surface area contributed by atoms with E-state index >= 15 is 0 Å². The topological polar surface area (TPSA) is 88.8 Å². The van der Waals surface area contributed by atoms with E-state index in [2.05, 4.69) is 34.4 Å². The second-order valence-corrected chi connectivity index (χ2v) is 10.9. The van der Waals surface area contributed by atoms with Crippen LogP contribution in [0.3, 0.4) is 0 Å². The van der Waals surface area contributed by atoms with Crippen LogP contribution in [0.2, 0.25) is 5.02 Å². The molecular weight excluding hydrogens is 521 g/mol. The maximum absolute atomic E-state index is 14.5. The minimum absolute atomic E-state index is 0.178. The molecule has 9 nitrogen and oxygen atoms in total. The molecule has 2 saturated heterocycles. The molecule has 0 aliphatic carbocycles. The number of nitriles is 1. The molecule has 0 saturated carbocycles. The third-order valence-electron chi connectivity index (χ3n) is 7.85. The molecule has 2 aromatic rings. The Morgan fingerprint density at radius 2 is 2.13 bits per heavy atom. The van der Waals surface area contributed by atoms with Crippen LogP contribution in [0.4, 0.5) is 10.2 Å². The Labute approximate surface area is 233 Å². The maximum Gasteiger partial charge on any atom is 0.318 e. The van der Waals surface area contributed by atoms with Gasteiger partial charge in [-0.05, 0) is 50.7 Å². The van der Waals surface area contributed by atoms with Gasteiger partial charge in [-0.1, -0.05) is 18.2 Å². The molecule has 0 unspecified atom stereocenters. The second-order valence-electron chi connectivity index (χ2n) is 10.4. The number of benzene rings is 1. The molecule has 0 radical (unpaired) electrons. The average molecular weight is 554 g/mol. The van der Waals surface area contributed by atoms with Crippen LogP contribution < -0.4 is 9.64 Å². The Morgan fingerprint density at radius 1 is 1.28 bits per heavy atom. The number of hydrogen-bond donors (Lipinski definition) is 0. The molecule has 1 amide bonds. The molecule has 0 spiro atoms. The zero-order chi connectivity index (χ0) is 27.5. The van der Waals surface area contributed by atoms with Crippen molar-refractivity contribution in [1.82, 2.24) is 24.7 Å². The molecule has 39 heavy (non-hydrogen) atoms. The summed E-state index contributed by atoms with van der Waals surface area (Å²) >= 11 is 6.13. The smallest absolute Gasteiger partial charge is 0.318 e. The number of anilines is 1. The first-order valence-corrected chi connectivity index (χ1v) is 13.7. The van der Waals surface area contributed by atoms with Crippen LogP contribution in [-0.2, 0) is 24.4 Å². The van der Waals surface area contributed by atoms with E-state index in [4.69, 9.17) is 26.3 Å². The SMILES string of the molecule is C=CC(=O)N1CCN(c2nc(OC[C@@H]3CCCN3C)nc3c2CN(Cc2cc(Cl)ccc2F)C3)C[C@@H]1CC#N. The summed E-state index contributed by atoms with van der Waals surface area (Å²) in [7, 11) is 2.10. The summed E-state index contributed by atoms with van der Waals surface area (Å²) in [5.74, 6) is 0.272. The van der Waals surface area contributed by atoms with Gasteiger partial charge in [0.1, 0.15) is 18.2 Å². The number of rotatable bonds is 8. The van der Waals surface area contributed by atoms with Crippen molar-refractivity contribution in [2.45, 2.75) is 51.0 Å². The zero-order valence-corrected chi connectivity index (χ0v) is 22.9. The molecule has 0 N–H and O–H groups in total. The van der Waals surface area contributed by atoms with Crippen LogP contribution >= 0.6 is 11.6 Å². The normalized spacial score (nSPS) is 21.6. The number of piperazine rings is 1. The number of nitrogens with zero attached hydrogens (tertiary/aromatic N) is 7. The number of halogens is 2. The summed E-state index contributed by atoms with van der Waals surface area (Å²) < 4.78 is 20.6. The lowest BCUT2D eigenvalue weighted by atomic mass is 10.1. The molecular formula is C28H33ClFN7O2. The highest BCUT2D eigenvalue weighted by atomic mass is 35.5. The standard InChI is InChI=1S/C28H33ClFN7O2/c1-3-26(38)37-12-11-36(15-21(37)8-9-31)27-23-16-35(14-19-13-20(29)6-7-24(19)30)17-25(23)32-28(33-27)39-18-22-5-4-10-34(22)2/h3,6-7,13,21-22H,1,4-5,8,10-12,14-18H2,2H3/t21-,22-/m0/s1. The van der Waals surface area contributed by atoms with Gasteiger partial charge >= 0.3 is 6.01 Å². The van der Waals surface area contributed by atoms with E-state index in [0.29, 0.717) is 68.5 Å². The van der Waals surface area contributed by atoms with E-state index < -0.39 is 0 Å². The lowest BCUT2D eigenvalue weighted by molar-refractivity contribution is -0.128. The Balaban J connectivity index is 1.41. The number of carbonyl (C=O) groups excluding carboxylic acids is 1. The van der Waals surface area contributed by atoms with Crippen molar-refractivity contribution >= 4 is 23.3 Å². The van der Waals surface area contributed by atoms with Crippen LogP contribution in [-0.4, -0.2) is 82.5 Å². The fraction of sp³-hybridized carbons (Fsp3) is 0.500. The van der Waals surface area contributed by atoms with Crippen LogP contribution in [0.5, 0.6) is 6.01 Å². The molecule has 1 aromatic carbocycles. The van der Waals surface area contributed by atoms with Gasteiger partial charge in [0.2, 0.25) is 5.91 Å². The predicted molar refractivity (Wildman–Crippen MR) is 146 cm³/mol. The number of fused-ring (bicyclic) bond motifs is 1. The molecule has 4 heterocycles. The van der Waals surface area contributed by atoms with Crippen molar-refractivity contribution in [1.29, 1.82) is 5.26 Å².